The summed E-state index contributed by atoms with van der Waals surface area (Å²) in [5.74, 6) is 0.204. The summed E-state index contributed by atoms with van der Waals surface area (Å²) in [5.41, 5.74) is 4.16. The van der Waals surface area contributed by atoms with E-state index in [2.05, 4.69) is 18.9 Å². The first-order chi connectivity index (χ1) is 19.8. The number of hydrogen-bond acceptors (Lipinski definition) is 3. The van der Waals surface area contributed by atoms with Gasteiger partial charge in [0.05, 0.1) is 16.4 Å². The van der Waals surface area contributed by atoms with E-state index in [0.717, 1.165) is 42.5 Å². The van der Waals surface area contributed by atoms with Crippen LogP contribution < -0.4 is 0 Å². The van der Waals surface area contributed by atoms with Crippen LogP contribution in [0.1, 0.15) is 87.8 Å². The number of carbonyl (C=O) groups excluding carboxylic acids is 1. The van der Waals surface area contributed by atoms with Crippen molar-refractivity contribution in [1.82, 2.24) is 9.78 Å². The van der Waals surface area contributed by atoms with Crippen molar-refractivity contribution in [3.63, 3.8) is 0 Å². The molecule has 0 unspecified atom stereocenters. The summed E-state index contributed by atoms with van der Waals surface area (Å²) in [6, 6.07) is 21.7. The molecule has 0 fully saturated rings. The molecule has 0 saturated carbocycles. The largest absolute Gasteiger partial charge is 0.396 e. The van der Waals surface area contributed by atoms with E-state index in [1.54, 1.807) is 35.0 Å². The Kier molecular flexibility index (Phi) is 14.8. The molecular formula is C34H41Cl2FN2O2. The Morgan fingerprint density at radius 1 is 0.927 bits per heavy atom. The van der Waals surface area contributed by atoms with Gasteiger partial charge in [-0.3, -0.25) is 4.79 Å². The van der Waals surface area contributed by atoms with Crippen molar-refractivity contribution < 1.29 is 14.3 Å². The van der Waals surface area contributed by atoms with Crippen molar-refractivity contribution >= 4 is 29.0 Å². The number of rotatable bonds is 10. The average Bonchev–Trinajstić information content (AvgIpc) is 3.35. The summed E-state index contributed by atoms with van der Waals surface area (Å²) in [6.45, 7) is 9.69. The maximum atomic E-state index is 13.5. The Hall–Kier alpha value is -2.99. The van der Waals surface area contributed by atoms with E-state index in [1.807, 2.05) is 56.3 Å². The zero-order valence-electron chi connectivity index (χ0n) is 24.6. The molecule has 0 radical (unpaired) electrons. The molecule has 0 bridgehead atoms. The lowest BCUT2D eigenvalue weighted by Gasteiger charge is -2.16. The number of aliphatic hydroxyl groups is 1. The van der Waals surface area contributed by atoms with Gasteiger partial charge in [-0.1, -0.05) is 106 Å². The highest BCUT2D eigenvalue weighted by Crippen LogP contribution is 2.33. The number of Topliss-reactive ketones (excluding diaryl/α,β-unsaturated/α-hetero) is 1. The molecule has 220 valence electrons. The maximum absolute atomic E-state index is 13.5. The van der Waals surface area contributed by atoms with E-state index in [-0.39, 0.29) is 18.2 Å². The Morgan fingerprint density at radius 3 is 2.05 bits per heavy atom. The van der Waals surface area contributed by atoms with E-state index < -0.39 is 0 Å². The number of benzene rings is 3. The lowest BCUT2D eigenvalue weighted by Crippen LogP contribution is -2.01. The fourth-order valence-electron chi connectivity index (χ4n) is 4.74. The van der Waals surface area contributed by atoms with E-state index in [1.165, 1.54) is 6.92 Å². The topological polar surface area (TPSA) is 55.1 Å². The molecule has 1 N–H and O–H groups in total. The van der Waals surface area contributed by atoms with Crippen molar-refractivity contribution in [3.8, 4) is 16.9 Å². The molecule has 4 aromatic rings. The van der Waals surface area contributed by atoms with Gasteiger partial charge >= 0.3 is 0 Å². The number of carbonyl (C=O) groups is 1. The van der Waals surface area contributed by atoms with Gasteiger partial charge in [-0.15, -0.1) is 0 Å². The summed E-state index contributed by atoms with van der Waals surface area (Å²) in [4.78, 5) is 12.1. The zero-order valence-corrected chi connectivity index (χ0v) is 26.1. The highest BCUT2D eigenvalue weighted by atomic mass is 35.5. The Labute approximate surface area is 254 Å². The smallest absolute Gasteiger partial charge is 0.180 e. The molecule has 0 saturated heterocycles. The fourth-order valence-corrected chi connectivity index (χ4v) is 5.08. The third-order valence-electron chi connectivity index (χ3n) is 6.50. The van der Waals surface area contributed by atoms with E-state index in [0.29, 0.717) is 39.3 Å². The van der Waals surface area contributed by atoms with Gasteiger partial charge in [0.1, 0.15) is 11.5 Å². The molecule has 4 nitrogen and oxygen atoms in total. The average molecular weight is 600 g/mol. The quantitative estimate of drug-likeness (QED) is 0.185. The first kappa shape index (κ1) is 34.2. The monoisotopic (exact) mass is 598 g/mol. The summed E-state index contributed by atoms with van der Waals surface area (Å²) < 4.78 is 15.1. The van der Waals surface area contributed by atoms with Crippen molar-refractivity contribution in [3.05, 3.63) is 105 Å². The van der Waals surface area contributed by atoms with Crippen LogP contribution in [0.4, 0.5) is 4.39 Å². The van der Waals surface area contributed by atoms with Crippen molar-refractivity contribution in [2.75, 3.05) is 6.61 Å². The van der Waals surface area contributed by atoms with Crippen molar-refractivity contribution in [2.45, 2.75) is 72.6 Å². The SMILES string of the molecule is CC.CC(=O)c1nn(-c2ccccc2Cl)c(-c2ccc(Cl)cc2)c1CCO.CCCC(CCC)c1ccccc1F. The fraction of sp³-hybridized carbons (Fsp3) is 0.353. The first-order valence-electron chi connectivity index (χ1n) is 14.3. The highest BCUT2D eigenvalue weighted by Gasteiger charge is 2.23. The number of para-hydroxylation sites is 1. The summed E-state index contributed by atoms with van der Waals surface area (Å²) >= 11 is 12.3. The third kappa shape index (κ3) is 9.26. The van der Waals surface area contributed by atoms with Gasteiger partial charge in [-0.2, -0.15) is 5.10 Å². The molecule has 7 heteroatoms. The Bertz CT molecular complexity index is 1360. The maximum Gasteiger partial charge on any atom is 0.180 e. The number of halogens is 3. The molecule has 0 atom stereocenters. The van der Waals surface area contributed by atoms with Crippen LogP contribution in [0.25, 0.3) is 16.9 Å². The van der Waals surface area contributed by atoms with Crippen LogP contribution in [0.5, 0.6) is 0 Å². The van der Waals surface area contributed by atoms with Gasteiger partial charge in [-0.25, -0.2) is 9.07 Å². The molecular weight excluding hydrogens is 558 g/mol. The predicted octanol–water partition coefficient (Wildman–Crippen LogP) is 10.1. The number of aromatic nitrogens is 2. The minimum Gasteiger partial charge on any atom is -0.396 e. The summed E-state index contributed by atoms with van der Waals surface area (Å²) in [7, 11) is 0. The molecule has 0 aliphatic heterocycles. The van der Waals surface area contributed by atoms with Crippen LogP contribution in [-0.4, -0.2) is 27.3 Å². The lowest BCUT2D eigenvalue weighted by atomic mass is 9.90. The molecule has 4 rings (SSSR count). The van der Waals surface area contributed by atoms with E-state index in [4.69, 9.17) is 23.2 Å². The van der Waals surface area contributed by atoms with Gasteiger partial charge in [-0.05, 0) is 61.1 Å². The molecule has 0 aliphatic carbocycles. The van der Waals surface area contributed by atoms with E-state index in [9.17, 15) is 14.3 Å². The van der Waals surface area contributed by atoms with Crippen LogP contribution in [0.2, 0.25) is 10.0 Å². The number of nitrogens with zero attached hydrogens (tertiary/aromatic N) is 2. The lowest BCUT2D eigenvalue weighted by molar-refractivity contribution is 0.101. The second-order valence-corrected chi connectivity index (χ2v) is 10.2. The molecule has 3 aromatic carbocycles. The van der Waals surface area contributed by atoms with Crippen molar-refractivity contribution in [1.29, 1.82) is 0 Å². The standard InChI is InChI=1S/C19H16Cl2N2O2.C13H19F.C2H6/c1-12(25)18-15(10-11-24)19(13-6-8-14(20)9-7-13)23(22-18)17-5-3-2-4-16(17)21;1-3-7-11(8-4-2)12-9-5-6-10-13(12)14;1-2/h2-9,24H,10-11H2,1H3;5-6,9-11H,3-4,7-8H2,1-2H3;1-2H3. The Morgan fingerprint density at radius 2 is 1.51 bits per heavy atom. The Balaban J connectivity index is 0.000000312. The van der Waals surface area contributed by atoms with Crippen LogP contribution >= 0.6 is 23.2 Å². The van der Waals surface area contributed by atoms with Crippen molar-refractivity contribution in [2.24, 2.45) is 0 Å². The van der Waals surface area contributed by atoms with E-state index >= 15 is 0 Å². The number of hydrogen-bond donors (Lipinski definition) is 1. The first-order valence-corrected chi connectivity index (χ1v) is 15.1. The highest BCUT2D eigenvalue weighted by molar-refractivity contribution is 6.32. The van der Waals surface area contributed by atoms with Gasteiger partial charge in [0, 0.05) is 29.7 Å². The molecule has 0 spiro atoms. The second kappa shape index (κ2) is 17.7. The second-order valence-electron chi connectivity index (χ2n) is 9.37. The van der Waals surface area contributed by atoms with Gasteiger partial charge in [0.2, 0.25) is 0 Å². The van der Waals surface area contributed by atoms with Crippen LogP contribution in [0, 0.1) is 5.82 Å². The van der Waals surface area contributed by atoms with Crippen LogP contribution in [0.15, 0.2) is 72.8 Å². The molecule has 41 heavy (non-hydrogen) atoms. The van der Waals surface area contributed by atoms with Crippen LogP contribution in [0.3, 0.4) is 0 Å². The number of ketones is 1. The van der Waals surface area contributed by atoms with Gasteiger partial charge in [0.15, 0.2) is 5.78 Å². The number of aliphatic hydroxyl groups excluding tert-OH is 1. The molecule has 0 aliphatic rings. The molecule has 1 heterocycles. The van der Waals surface area contributed by atoms with Gasteiger partial charge in [0.25, 0.3) is 0 Å². The minimum absolute atomic E-state index is 0.0422. The molecule has 1 aromatic heterocycles. The van der Waals surface area contributed by atoms with Crippen LogP contribution in [-0.2, 0) is 6.42 Å². The third-order valence-corrected chi connectivity index (χ3v) is 7.07. The summed E-state index contributed by atoms with van der Waals surface area (Å²) in [5, 5.41) is 15.1. The summed E-state index contributed by atoms with van der Waals surface area (Å²) in [6.07, 6.45) is 4.75. The normalized spacial score (nSPS) is 10.5. The predicted molar refractivity (Wildman–Crippen MR) is 170 cm³/mol. The van der Waals surface area contributed by atoms with Gasteiger partial charge < -0.3 is 5.11 Å². The zero-order chi connectivity index (χ0) is 30.4. The minimum atomic E-state index is -0.163. The molecule has 0 amide bonds.